The lowest BCUT2D eigenvalue weighted by molar-refractivity contribution is -0.702. The highest BCUT2D eigenvalue weighted by atomic mass is 16.5. The molecule has 1 aliphatic heterocycles. The average molecular weight is 379 g/mol. The van der Waals surface area contributed by atoms with Gasteiger partial charge in [0.2, 0.25) is 0 Å². The molecule has 1 atom stereocenters. The zero-order chi connectivity index (χ0) is 19.5. The molecule has 0 bridgehead atoms. The number of methoxy groups -OCH3 is 1. The minimum Gasteiger partial charge on any atom is -0.497 e. The van der Waals surface area contributed by atoms with Gasteiger partial charge in [-0.2, -0.15) is 0 Å². The monoisotopic (exact) mass is 379 g/mol. The van der Waals surface area contributed by atoms with Gasteiger partial charge in [0.15, 0.2) is 17.5 Å². The van der Waals surface area contributed by atoms with Crippen LogP contribution in [0.3, 0.4) is 0 Å². The van der Waals surface area contributed by atoms with E-state index in [9.17, 15) is 0 Å². The number of fused-ring (bicyclic) bond motifs is 3. The van der Waals surface area contributed by atoms with Crippen LogP contribution in [0.5, 0.6) is 17.2 Å². The summed E-state index contributed by atoms with van der Waals surface area (Å²) in [6.07, 6.45) is 2.12. The summed E-state index contributed by atoms with van der Waals surface area (Å²) in [4.78, 5) is 0. The maximum absolute atomic E-state index is 5.86. The first-order valence-electron chi connectivity index (χ1n) is 9.82. The van der Waals surface area contributed by atoms with Crippen LogP contribution < -0.4 is 19.5 Å². The second kappa shape index (κ2) is 7.98. The highest BCUT2D eigenvalue weighted by Gasteiger charge is 2.27. The Morgan fingerprint density at radius 3 is 2.39 bits per heavy atom. The molecule has 4 rings (SSSR count). The number of rotatable bonds is 6. The van der Waals surface area contributed by atoms with E-state index in [1.54, 1.807) is 7.11 Å². The normalized spacial score (nSPS) is 15.3. The standard InChI is InChI=1S/C23H26N2O3/c1-4-27-21-13-17-15-24-23(16-8-10-18(26-3)11-9-16)19-7-6-12-25(19)20(17)14-22(21)28-5-2/h6-14,23-24H,4-5,15H2,1-3H3/p+1. The summed E-state index contributed by atoms with van der Waals surface area (Å²) < 4.78 is 19.3. The molecule has 5 nitrogen and oxygen atoms in total. The average Bonchev–Trinajstić information content (AvgIpc) is 3.14. The van der Waals surface area contributed by atoms with E-state index in [4.69, 9.17) is 14.2 Å². The zero-order valence-corrected chi connectivity index (χ0v) is 16.6. The summed E-state index contributed by atoms with van der Waals surface area (Å²) in [5.74, 6) is 2.48. The van der Waals surface area contributed by atoms with Gasteiger partial charge in [-0.3, -0.25) is 0 Å². The molecule has 0 fully saturated rings. The first-order chi connectivity index (χ1) is 13.7. The highest BCUT2D eigenvalue weighted by molar-refractivity contribution is 5.56. The van der Waals surface area contributed by atoms with Gasteiger partial charge >= 0.3 is 0 Å². The van der Waals surface area contributed by atoms with E-state index >= 15 is 0 Å². The SMILES string of the molecule is CCOc1cc2c(cc1OCC)-n1cccc1C(c1ccc(OC)cc1)[NH2+]C2. The Morgan fingerprint density at radius 2 is 1.71 bits per heavy atom. The Balaban J connectivity index is 1.78. The molecule has 3 aromatic rings. The van der Waals surface area contributed by atoms with Crippen molar-refractivity contribution in [1.29, 1.82) is 0 Å². The molecule has 0 spiro atoms. The molecule has 0 saturated heterocycles. The molecule has 0 aliphatic carbocycles. The van der Waals surface area contributed by atoms with Crippen LogP contribution in [0, 0.1) is 0 Å². The van der Waals surface area contributed by atoms with E-state index in [1.165, 1.54) is 16.8 Å². The van der Waals surface area contributed by atoms with Gasteiger partial charge in [0.1, 0.15) is 12.3 Å². The van der Waals surface area contributed by atoms with Crippen molar-refractivity contribution in [2.45, 2.75) is 26.4 Å². The fraction of sp³-hybridized carbons (Fsp3) is 0.304. The van der Waals surface area contributed by atoms with Crippen molar-refractivity contribution >= 4 is 0 Å². The third-order valence-corrected chi connectivity index (χ3v) is 5.15. The molecule has 28 heavy (non-hydrogen) atoms. The van der Waals surface area contributed by atoms with Crippen LogP contribution in [0.2, 0.25) is 0 Å². The topological polar surface area (TPSA) is 49.2 Å². The van der Waals surface area contributed by atoms with Crippen molar-refractivity contribution in [1.82, 2.24) is 4.57 Å². The molecule has 0 amide bonds. The summed E-state index contributed by atoms with van der Waals surface area (Å²) in [5.41, 5.74) is 4.89. The smallest absolute Gasteiger partial charge is 0.163 e. The van der Waals surface area contributed by atoms with Gasteiger partial charge in [-0.05, 0) is 56.3 Å². The summed E-state index contributed by atoms with van der Waals surface area (Å²) in [6, 6.07) is 17.1. The first kappa shape index (κ1) is 18.4. The Bertz CT molecular complexity index is 947. The second-order valence-corrected chi connectivity index (χ2v) is 6.79. The van der Waals surface area contributed by atoms with Gasteiger partial charge in [0, 0.05) is 23.4 Å². The Labute approximate surface area is 165 Å². The molecule has 0 saturated carbocycles. The molecular formula is C23H27N2O3+. The molecule has 1 unspecified atom stereocenters. The number of ether oxygens (including phenoxy) is 3. The lowest BCUT2D eigenvalue weighted by Gasteiger charge is -2.16. The van der Waals surface area contributed by atoms with Gasteiger partial charge in [0.05, 0.1) is 31.7 Å². The van der Waals surface area contributed by atoms with Crippen LogP contribution in [-0.4, -0.2) is 24.9 Å². The number of nitrogens with two attached hydrogens (primary N) is 1. The van der Waals surface area contributed by atoms with Gasteiger partial charge in [-0.1, -0.05) is 0 Å². The predicted octanol–water partition coefficient (Wildman–Crippen LogP) is 3.45. The van der Waals surface area contributed by atoms with Crippen LogP contribution in [0.25, 0.3) is 5.69 Å². The van der Waals surface area contributed by atoms with Gasteiger partial charge in [-0.15, -0.1) is 0 Å². The van der Waals surface area contributed by atoms with Crippen LogP contribution in [0.15, 0.2) is 54.7 Å². The molecule has 0 radical (unpaired) electrons. The fourth-order valence-electron chi connectivity index (χ4n) is 3.87. The van der Waals surface area contributed by atoms with E-state index in [0.717, 1.165) is 29.5 Å². The van der Waals surface area contributed by atoms with Crippen molar-refractivity contribution in [3.05, 3.63) is 71.5 Å². The Hall–Kier alpha value is -2.92. The van der Waals surface area contributed by atoms with E-state index < -0.39 is 0 Å². The number of hydrogen-bond donors (Lipinski definition) is 1. The number of nitrogens with zero attached hydrogens (tertiary/aromatic N) is 1. The molecule has 2 heterocycles. The minimum atomic E-state index is 0.208. The summed E-state index contributed by atoms with van der Waals surface area (Å²) in [5, 5.41) is 2.37. The van der Waals surface area contributed by atoms with Crippen molar-refractivity contribution in [2.24, 2.45) is 0 Å². The third kappa shape index (κ3) is 3.34. The van der Waals surface area contributed by atoms with E-state index in [1.807, 2.05) is 26.0 Å². The molecule has 1 aliphatic rings. The lowest BCUT2D eigenvalue weighted by atomic mass is 10.0. The van der Waals surface area contributed by atoms with Crippen LogP contribution in [-0.2, 0) is 6.54 Å². The second-order valence-electron chi connectivity index (χ2n) is 6.79. The van der Waals surface area contributed by atoms with Gasteiger partial charge in [-0.25, -0.2) is 0 Å². The molecule has 146 valence electrons. The zero-order valence-electron chi connectivity index (χ0n) is 16.6. The molecular weight excluding hydrogens is 352 g/mol. The van der Waals surface area contributed by atoms with E-state index in [0.29, 0.717) is 13.2 Å². The van der Waals surface area contributed by atoms with Crippen molar-refractivity contribution < 1.29 is 19.5 Å². The number of aromatic nitrogens is 1. The maximum atomic E-state index is 5.86. The predicted molar refractivity (Wildman–Crippen MR) is 109 cm³/mol. The first-order valence-corrected chi connectivity index (χ1v) is 9.82. The summed E-state index contributed by atoms with van der Waals surface area (Å²) in [7, 11) is 1.69. The van der Waals surface area contributed by atoms with Crippen molar-refractivity contribution in [3.8, 4) is 22.9 Å². The molecule has 5 heteroatoms. The fourth-order valence-corrected chi connectivity index (χ4v) is 3.87. The Kier molecular flexibility index (Phi) is 5.26. The van der Waals surface area contributed by atoms with Gasteiger partial charge in [0.25, 0.3) is 0 Å². The molecule has 2 aromatic carbocycles. The number of quaternary nitrogens is 1. The largest absolute Gasteiger partial charge is 0.497 e. The lowest BCUT2D eigenvalue weighted by Crippen LogP contribution is -2.83. The van der Waals surface area contributed by atoms with E-state index in [2.05, 4.69) is 52.5 Å². The molecule has 1 aromatic heterocycles. The van der Waals surface area contributed by atoms with Gasteiger partial charge < -0.3 is 24.1 Å². The van der Waals surface area contributed by atoms with Crippen LogP contribution >= 0.6 is 0 Å². The quantitative estimate of drug-likeness (QED) is 0.714. The van der Waals surface area contributed by atoms with E-state index in [-0.39, 0.29) is 6.04 Å². The highest BCUT2D eigenvalue weighted by Crippen LogP contribution is 2.36. The van der Waals surface area contributed by atoms with Crippen LogP contribution in [0.4, 0.5) is 0 Å². The van der Waals surface area contributed by atoms with Crippen molar-refractivity contribution in [2.75, 3.05) is 20.3 Å². The van der Waals surface area contributed by atoms with Crippen molar-refractivity contribution in [3.63, 3.8) is 0 Å². The number of hydrogen-bond acceptors (Lipinski definition) is 3. The molecule has 2 N–H and O–H groups in total. The minimum absolute atomic E-state index is 0.208. The van der Waals surface area contributed by atoms with Crippen LogP contribution in [0.1, 0.15) is 36.7 Å². The number of benzene rings is 2. The summed E-state index contributed by atoms with van der Waals surface area (Å²) >= 11 is 0. The third-order valence-electron chi connectivity index (χ3n) is 5.15. The summed E-state index contributed by atoms with van der Waals surface area (Å²) in [6.45, 7) is 6.08. The Morgan fingerprint density at radius 1 is 1.00 bits per heavy atom. The maximum Gasteiger partial charge on any atom is 0.163 e.